The van der Waals surface area contributed by atoms with Gasteiger partial charge < -0.3 is 4.74 Å². The van der Waals surface area contributed by atoms with Crippen molar-refractivity contribution in [3.05, 3.63) is 29.6 Å². The van der Waals surface area contributed by atoms with Crippen molar-refractivity contribution < 1.29 is 9.13 Å². The molecule has 1 aromatic carbocycles. The third-order valence-corrected chi connectivity index (χ3v) is 2.48. The summed E-state index contributed by atoms with van der Waals surface area (Å²) in [5, 5.41) is 0. The van der Waals surface area contributed by atoms with Gasteiger partial charge in [0, 0.05) is 17.9 Å². The minimum Gasteiger partial charge on any atom is -0.488 e. The summed E-state index contributed by atoms with van der Waals surface area (Å²) in [6.07, 6.45) is 1.46. The van der Waals surface area contributed by atoms with Crippen LogP contribution in [0.4, 0.5) is 4.39 Å². The first-order valence-electron chi connectivity index (χ1n) is 5.68. The van der Waals surface area contributed by atoms with E-state index in [0.717, 1.165) is 12.0 Å². The van der Waals surface area contributed by atoms with Crippen molar-refractivity contribution in [1.82, 2.24) is 0 Å². The van der Waals surface area contributed by atoms with E-state index in [1.165, 1.54) is 6.07 Å². The van der Waals surface area contributed by atoms with Crippen molar-refractivity contribution in [2.24, 2.45) is 0 Å². The highest BCUT2D eigenvalue weighted by Gasteiger charge is 2.07. The average Bonchev–Trinajstić information content (AvgIpc) is 2.33. The Morgan fingerprint density at radius 1 is 1.47 bits per heavy atom. The molecular formula is C14H16ClFO. The van der Waals surface area contributed by atoms with Crippen LogP contribution in [-0.2, 0) is 0 Å². The average molecular weight is 255 g/mol. The van der Waals surface area contributed by atoms with Crippen molar-refractivity contribution >= 4 is 11.6 Å². The maximum absolute atomic E-state index is 13.5. The first kappa shape index (κ1) is 13.9. The summed E-state index contributed by atoms with van der Waals surface area (Å²) in [5.74, 6) is 6.24. The second-order valence-electron chi connectivity index (χ2n) is 3.72. The molecule has 0 aliphatic carbocycles. The van der Waals surface area contributed by atoms with E-state index < -0.39 is 0 Å². The Labute approximate surface area is 107 Å². The SMILES string of the molecule is CCC(C)Oc1cc(C#CCCCl)ccc1F. The quantitative estimate of drug-likeness (QED) is 0.583. The topological polar surface area (TPSA) is 9.23 Å². The third-order valence-electron chi connectivity index (χ3n) is 2.29. The molecule has 0 saturated carbocycles. The van der Waals surface area contributed by atoms with Crippen LogP contribution in [0.1, 0.15) is 32.3 Å². The van der Waals surface area contributed by atoms with Crippen LogP contribution in [0.25, 0.3) is 0 Å². The number of rotatable bonds is 4. The van der Waals surface area contributed by atoms with Gasteiger partial charge in [-0.25, -0.2) is 4.39 Å². The Morgan fingerprint density at radius 3 is 2.88 bits per heavy atom. The number of hydrogen-bond acceptors (Lipinski definition) is 1. The van der Waals surface area contributed by atoms with E-state index in [-0.39, 0.29) is 17.7 Å². The molecular weight excluding hydrogens is 239 g/mol. The summed E-state index contributed by atoms with van der Waals surface area (Å²) in [6.45, 7) is 3.90. The van der Waals surface area contributed by atoms with Crippen molar-refractivity contribution in [1.29, 1.82) is 0 Å². The Balaban J connectivity index is 2.84. The molecule has 0 heterocycles. The molecule has 0 amide bonds. The van der Waals surface area contributed by atoms with Crippen LogP contribution in [0.5, 0.6) is 5.75 Å². The van der Waals surface area contributed by atoms with Crippen LogP contribution in [0, 0.1) is 17.7 Å². The summed E-state index contributed by atoms with van der Waals surface area (Å²) in [7, 11) is 0. The Hall–Kier alpha value is -1.20. The fraction of sp³-hybridized carbons (Fsp3) is 0.429. The Kier molecular flexibility index (Phi) is 5.86. The first-order valence-corrected chi connectivity index (χ1v) is 6.21. The Bertz CT molecular complexity index is 420. The second-order valence-corrected chi connectivity index (χ2v) is 4.10. The molecule has 0 aromatic heterocycles. The van der Waals surface area contributed by atoms with Gasteiger partial charge in [0.15, 0.2) is 11.6 Å². The molecule has 0 saturated heterocycles. The lowest BCUT2D eigenvalue weighted by Gasteiger charge is -2.13. The monoisotopic (exact) mass is 254 g/mol. The maximum atomic E-state index is 13.5. The summed E-state index contributed by atoms with van der Waals surface area (Å²) in [6, 6.07) is 4.64. The molecule has 1 rings (SSSR count). The minimum atomic E-state index is -0.354. The largest absolute Gasteiger partial charge is 0.488 e. The van der Waals surface area contributed by atoms with Crippen LogP contribution in [0.3, 0.4) is 0 Å². The van der Waals surface area contributed by atoms with E-state index in [1.54, 1.807) is 12.1 Å². The summed E-state index contributed by atoms with van der Waals surface area (Å²) >= 11 is 5.52. The molecule has 0 fully saturated rings. The summed E-state index contributed by atoms with van der Waals surface area (Å²) < 4.78 is 18.9. The summed E-state index contributed by atoms with van der Waals surface area (Å²) in [5.41, 5.74) is 0.745. The smallest absolute Gasteiger partial charge is 0.165 e. The molecule has 1 atom stereocenters. The van der Waals surface area contributed by atoms with E-state index in [0.29, 0.717) is 12.3 Å². The summed E-state index contributed by atoms with van der Waals surface area (Å²) in [4.78, 5) is 0. The van der Waals surface area contributed by atoms with Crippen LogP contribution in [-0.4, -0.2) is 12.0 Å². The fourth-order valence-electron chi connectivity index (χ4n) is 1.18. The predicted molar refractivity (Wildman–Crippen MR) is 69.0 cm³/mol. The first-order chi connectivity index (χ1) is 8.17. The molecule has 1 aromatic rings. The van der Waals surface area contributed by atoms with Crippen molar-refractivity contribution in [2.45, 2.75) is 32.8 Å². The van der Waals surface area contributed by atoms with Gasteiger partial charge in [-0.2, -0.15) is 0 Å². The van der Waals surface area contributed by atoms with E-state index in [2.05, 4.69) is 11.8 Å². The lowest BCUT2D eigenvalue weighted by molar-refractivity contribution is 0.208. The van der Waals surface area contributed by atoms with Gasteiger partial charge in [-0.05, 0) is 31.5 Å². The van der Waals surface area contributed by atoms with Gasteiger partial charge >= 0.3 is 0 Å². The maximum Gasteiger partial charge on any atom is 0.165 e. The zero-order chi connectivity index (χ0) is 12.7. The zero-order valence-electron chi connectivity index (χ0n) is 10.1. The van der Waals surface area contributed by atoms with Gasteiger partial charge in [0.25, 0.3) is 0 Å². The van der Waals surface area contributed by atoms with E-state index in [4.69, 9.17) is 16.3 Å². The highest BCUT2D eigenvalue weighted by Crippen LogP contribution is 2.20. The van der Waals surface area contributed by atoms with Gasteiger partial charge in [-0.15, -0.1) is 11.6 Å². The number of ether oxygens (including phenoxy) is 1. The number of benzene rings is 1. The minimum absolute atomic E-state index is 0.00412. The van der Waals surface area contributed by atoms with Crippen LogP contribution in [0.15, 0.2) is 18.2 Å². The van der Waals surface area contributed by atoms with Gasteiger partial charge in [-0.1, -0.05) is 18.8 Å². The van der Waals surface area contributed by atoms with E-state index in [9.17, 15) is 4.39 Å². The molecule has 0 N–H and O–H groups in total. The van der Waals surface area contributed by atoms with Crippen LogP contribution < -0.4 is 4.74 Å². The number of halogens is 2. The molecule has 92 valence electrons. The standard InChI is InChI=1S/C14H16ClFO/c1-3-11(2)17-14-10-12(6-4-5-9-15)7-8-13(14)16/h7-8,10-11H,3,5,9H2,1-2H3. The van der Waals surface area contributed by atoms with Crippen molar-refractivity contribution in [3.8, 4) is 17.6 Å². The molecule has 0 aliphatic rings. The predicted octanol–water partition coefficient (Wildman–Crippen LogP) is 3.98. The molecule has 1 nitrogen and oxygen atoms in total. The van der Waals surface area contributed by atoms with Gasteiger partial charge in [0.05, 0.1) is 6.10 Å². The van der Waals surface area contributed by atoms with Gasteiger partial charge in [0.1, 0.15) is 0 Å². The van der Waals surface area contributed by atoms with Gasteiger partial charge in [-0.3, -0.25) is 0 Å². The molecule has 0 spiro atoms. The molecule has 3 heteroatoms. The van der Waals surface area contributed by atoms with Crippen LogP contribution in [0.2, 0.25) is 0 Å². The van der Waals surface area contributed by atoms with E-state index in [1.807, 2.05) is 13.8 Å². The third kappa shape index (κ3) is 4.66. The molecule has 1 unspecified atom stereocenters. The number of hydrogen-bond donors (Lipinski definition) is 0. The molecule has 0 aliphatic heterocycles. The van der Waals surface area contributed by atoms with Gasteiger partial charge in [0.2, 0.25) is 0 Å². The van der Waals surface area contributed by atoms with E-state index >= 15 is 0 Å². The highest BCUT2D eigenvalue weighted by atomic mass is 35.5. The zero-order valence-corrected chi connectivity index (χ0v) is 10.9. The highest BCUT2D eigenvalue weighted by molar-refractivity contribution is 6.18. The number of alkyl halides is 1. The molecule has 0 radical (unpaired) electrons. The van der Waals surface area contributed by atoms with Crippen molar-refractivity contribution in [3.63, 3.8) is 0 Å². The molecule has 17 heavy (non-hydrogen) atoms. The lowest BCUT2D eigenvalue weighted by atomic mass is 10.2. The second kappa shape index (κ2) is 7.19. The van der Waals surface area contributed by atoms with Crippen LogP contribution >= 0.6 is 11.6 Å². The fourth-order valence-corrected chi connectivity index (χ4v) is 1.28. The Morgan fingerprint density at radius 2 is 2.24 bits per heavy atom. The lowest BCUT2D eigenvalue weighted by Crippen LogP contribution is -2.10. The normalized spacial score (nSPS) is 11.5. The molecule has 0 bridgehead atoms. The van der Waals surface area contributed by atoms with Crippen molar-refractivity contribution in [2.75, 3.05) is 5.88 Å².